The number of amides is 5. The molecule has 1 aromatic heterocycles. The van der Waals surface area contributed by atoms with E-state index in [9.17, 15) is 28.8 Å². The van der Waals surface area contributed by atoms with E-state index in [-0.39, 0.29) is 29.5 Å². The summed E-state index contributed by atoms with van der Waals surface area (Å²) in [6.07, 6.45) is 12.6. The molecule has 4 fully saturated rings. The molecule has 0 bridgehead atoms. The van der Waals surface area contributed by atoms with Gasteiger partial charge in [0.25, 0.3) is 11.8 Å². The highest BCUT2D eigenvalue weighted by molar-refractivity contribution is 6.38. The Kier molecular flexibility index (Phi) is 10.8. The van der Waals surface area contributed by atoms with Gasteiger partial charge in [-0.05, 0) is 62.2 Å². The second-order valence-corrected chi connectivity index (χ2v) is 15.2. The largest absolute Gasteiger partial charge is 0.347 e. The molecule has 2 heterocycles. The van der Waals surface area contributed by atoms with Crippen molar-refractivity contribution in [3.05, 3.63) is 24.3 Å². The summed E-state index contributed by atoms with van der Waals surface area (Å²) in [6, 6.07) is -2.80. The van der Waals surface area contributed by atoms with Crippen LogP contribution in [-0.2, 0) is 24.0 Å². The Balaban J connectivity index is 1.36. The maximum absolute atomic E-state index is 14.6. The van der Waals surface area contributed by atoms with Gasteiger partial charge in [-0.1, -0.05) is 59.8 Å². The van der Waals surface area contributed by atoms with Crippen LogP contribution in [0.2, 0.25) is 0 Å². The molecule has 13 nitrogen and oxygen atoms in total. The Morgan fingerprint density at radius 1 is 0.958 bits per heavy atom. The maximum atomic E-state index is 14.6. The summed E-state index contributed by atoms with van der Waals surface area (Å²) in [5, 5.41) is 11.5. The Labute approximate surface area is 282 Å². The summed E-state index contributed by atoms with van der Waals surface area (Å²) in [5.74, 6) is -3.09. The van der Waals surface area contributed by atoms with Crippen LogP contribution in [0.15, 0.2) is 18.6 Å². The van der Waals surface area contributed by atoms with Crippen molar-refractivity contribution in [3.63, 3.8) is 0 Å². The van der Waals surface area contributed by atoms with E-state index in [1.807, 2.05) is 27.7 Å². The first kappa shape index (κ1) is 35.4. The predicted octanol–water partition coefficient (Wildman–Crippen LogP) is 2.20. The van der Waals surface area contributed by atoms with Crippen LogP contribution in [0.1, 0.15) is 115 Å². The van der Waals surface area contributed by atoms with Crippen LogP contribution >= 0.6 is 0 Å². The lowest BCUT2D eigenvalue weighted by Crippen LogP contribution is -2.65. The van der Waals surface area contributed by atoms with Crippen LogP contribution in [-0.4, -0.2) is 86.4 Å². The highest BCUT2D eigenvalue weighted by atomic mass is 16.2. The molecule has 1 saturated heterocycles. The average Bonchev–Trinajstić information content (AvgIpc) is 3.63. The van der Waals surface area contributed by atoms with Gasteiger partial charge in [-0.2, -0.15) is 0 Å². The second kappa shape index (κ2) is 14.7. The zero-order valence-electron chi connectivity index (χ0n) is 28.7. The lowest BCUT2D eigenvalue weighted by Gasteiger charge is -2.41. The molecule has 0 spiro atoms. The summed E-state index contributed by atoms with van der Waals surface area (Å²) in [7, 11) is 0. The first-order chi connectivity index (χ1) is 22.8. The van der Waals surface area contributed by atoms with Crippen molar-refractivity contribution >= 4 is 35.3 Å². The van der Waals surface area contributed by atoms with E-state index in [0.29, 0.717) is 32.2 Å². The summed E-state index contributed by atoms with van der Waals surface area (Å²) < 4.78 is 0. The van der Waals surface area contributed by atoms with E-state index in [1.165, 1.54) is 18.6 Å². The molecular weight excluding hydrogens is 614 g/mol. The second-order valence-electron chi connectivity index (χ2n) is 15.2. The van der Waals surface area contributed by atoms with E-state index in [2.05, 4.69) is 31.2 Å². The Bertz CT molecular complexity index is 1390. The minimum absolute atomic E-state index is 0.0132. The van der Waals surface area contributed by atoms with Gasteiger partial charge in [-0.25, -0.2) is 4.98 Å². The molecule has 3 saturated carbocycles. The molecule has 5 amide bonds. The number of carbonyl (C=O) groups is 6. The van der Waals surface area contributed by atoms with Crippen molar-refractivity contribution in [2.24, 2.45) is 17.3 Å². The Hall–Kier alpha value is -3.90. The number of rotatable bonds is 12. The zero-order chi connectivity index (χ0) is 34.6. The van der Waals surface area contributed by atoms with Crippen molar-refractivity contribution in [1.82, 2.24) is 36.1 Å². The smallest absolute Gasteiger partial charge is 0.289 e. The molecule has 13 heteroatoms. The summed E-state index contributed by atoms with van der Waals surface area (Å²) in [4.78, 5) is 91.4. The van der Waals surface area contributed by atoms with Crippen molar-refractivity contribution < 1.29 is 28.8 Å². The SMILES string of the molecule is CCC[C@H](NC(=O)[C@@H]1[C@H]2CCCC2CN1C(=O)[C@@H](NC(=O)C1(NC(=O)c2cnccn2)CCCCC1)C(C)(C)C)C(=O)C(=O)NC1CC1. The van der Waals surface area contributed by atoms with Gasteiger partial charge in [0.1, 0.15) is 23.3 Å². The van der Waals surface area contributed by atoms with Crippen molar-refractivity contribution in [2.75, 3.05) is 6.54 Å². The first-order valence-electron chi connectivity index (χ1n) is 17.7. The normalized spacial score (nSPS) is 24.5. The zero-order valence-corrected chi connectivity index (χ0v) is 28.7. The molecule has 1 aromatic rings. The molecular formula is C35H51N7O6. The summed E-state index contributed by atoms with van der Waals surface area (Å²) in [6.45, 7) is 7.84. The molecule has 0 aromatic carbocycles. The monoisotopic (exact) mass is 665 g/mol. The van der Waals surface area contributed by atoms with Crippen molar-refractivity contribution in [3.8, 4) is 0 Å². The first-order valence-corrected chi connectivity index (χ1v) is 17.7. The van der Waals surface area contributed by atoms with E-state index in [1.54, 1.807) is 4.90 Å². The predicted molar refractivity (Wildman–Crippen MR) is 176 cm³/mol. The van der Waals surface area contributed by atoms with Gasteiger partial charge in [0, 0.05) is 25.0 Å². The molecule has 1 aliphatic heterocycles. The van der Waals surface area contributed by atoms with Gasteiger partial charge < -0.3 is 26.2 Å². The number of likely N-dealkylation sites (tertiary alicyclic amines) is 1. The Morgan fingerprint density at radius 3 is 2.31 bits per heavy atom. The summed E-state index contributed by atoms with van der Waals surface area (Å²) in [5.41, 5.74) is -1.87. The summed E-state index contributed by atoms with van der Waals surface area (Å²) >= 11 is 0. The molecule has 3 aliphatic carbocycles. The fourth-order valence-electron chi connectivity index (χ4n) is 7.67. The van der Waals surface area contributed by atoms with Gasteiger partial charge in [0.05, 0.1) is 12.2 Å². The van der Waals surface area contributed by atoms with E-state index >= 15 is 0 Å². The van der Waals surface area contributed by atoms with Gasteiger partial charge in [0.15, 0.2) is 0 Å². The number of fused-ring (bicyclic) bond motifs is 1. The average molecular weight is 666 g/mol. The molecule has 0 radical (unpaired) electrons. The molecule has 4 N–H and O–H groups in total. The molecule has 48 heavy (non-hydrogen) atoms. The van der Waals surface area contributed by atoms with Crippen molar-refractivity contribution in [1.29, 1.82) is 0 Å². The lowest BCUT2D eigenvalue weighted by atomic mass is 9.79. The topological polar surface area (TPSA) is 180 Å². The lowest BCUT2D eigenvalue weighted by molar-refractivity contribution is -0.146. The van der Waals surface area contributed by atoms with Gasteiger partial charge >= 0.3 is 0 Å². The number of carbonyl (C=O) groups excluding carboxylic acids is 6. The fourth-order valence-corrected chi connectivity index (χ4v) is 7.67. The minimum Gasteiger partial charge on any atom is -0.347 e. The Morgan fingerprint density at radius 2 is 1.69 bits per heavy atom. The third-order valence-corrected chi connectivity index (χ3v) is 10.5. The van der Waals surface area contributed by atoms with E-state index in [4.69, 9.17) is 0 Å². The number of nitrogens with one attached hydrogen (secondary N) is 4. The highest BCUT2D eigenvalue weighted by Gasteiger charge is 2.53. The van der Waals surface area contributed by atoms with E-state index in [0.717, 1.165) is 51.4 Å². The molecule has 5 rings (SSSR count). The molecule has 5 atom stereocenters. The number of nitrogens with zero attached hydrogens (tertiary/aromatic N) is 3. The third kappa shape index (κ3) is 7.86. The number of ketones is 1. The standard InChI is InChI=1S/C35H51N7O6/c1-5-10-24(27(43)31(46)38-22-13-14-22)39-30(45)26-23-12-9-11-21(23)20-42(26)32(47)28(34(2,3)4)40-33(48)35(15-7-6-8-16-35)41-29(44)25-19-36-17-18-37-25/h17-19,21-24,26,28H,5-16,20H2,1-4H3,(H,38,46)(H,39,45)(H,40,48)(H,41,44)/t21?,23-,24-,26-,28+/m0/s1. The maximum Gasteiger partial charge on any atom is 0.289 e. The van der Waals surface area contributed by atoms with Gasteiger partial charge in [0.2, 0.25) is 23.5 Å². The number of hydrogen-bond donors (Lipinski definition) is 4. The number of aromatic nitrogens is 2. The van der Waals surface area contributed by atoms with Crippen LogP contribution in [0.5, 0.6) is 0 Å². The van der Waals surface area contributed by atoms with Crippen LogP contribution < -0.4 is 21.3 Å². The minimum atomic E-state index is -1.23. The van der Waals surface area contributed by atoms with Gasteiger partial charge in [-0.3, -0.25) is 33.8 Å². The molecule has 262 valence electrons. The van der Waals surface area contributed by atoms with Crippen LogP contribution in [0, 0.1) is 17.3 Å². The third-order valence-electron chi connectivity index (χ3n) is 10.5. The quantitative estimate of drug-likeness (QED) is 0.245. The van der Waals surface area contributed by atoms with Crippen LogP contribution in [0.3, 0.4) is 0 Å². The highest BCUT2D eigenvalue weighted by Crippen LogP contribution is 2.43. The number of Topliss-reactive ketones (excluding diaryl/α,β-unsaturated/α-hetero) is 1. The van der Waals surface area contributed by atoms with E-state index < -0.39 is 58.5 Å². The van der Waals surface area contributed by atoms with Crippen molar-refractivity contribution in [2.45, 2.75) is 134 Å². The molecule has 4 aliphatic rings. The van der Waals surface area contributed by atoms with Gasteiger partial charge in [-0.15, -0.1) is 0 Å². The molecule has 1 unspecified atom stereocenters. The van der Waals surface area contributed by atoms with Crippen LogP contribution in [0.25, 0.3) is 0 Å². The number of hydrogen-bond acceptors (Lipinski definition) is 8. The fraction of sp³-hybridized carbons (Fsp3) is 0.714. The van der Waals surface area contributed by atoms with Crippen LogP contribution in [0.4, 0.5) is 0 Å².